The van der Waals surface area contributed by atoms with E-state index in [1.54, 1.807) is 7.05 Å². The molecule has 20 heavy (non-hydrogen) atoms. The number of nitrogens with zero attached hydrogens (tertiary/aromatic N) is 3. The van der Waals surface area contributed by atoms with E-state index in [4.69, 9.17) is 4.74 Å². The summed E-state index contributed by atoms with van der Waals surface area (Å²) in [5, 5.41) is 15.7. The lowest BCUT2D eigenvalue weighted by Crippen LogP contribution is -2.29. The fraction of sp³-hybridized carbons (Fsp3) is 0.769. The van der Waals surface area contributed by atoms with E-state index in [0.717, 1.165) is 25.7 Å². The molecule has 0 unspecified atom stereocenters. The Labute approximate surface area is 119 Å². The third-order valence-electron chi connectivity index (χ3n) is 3.21. The van der Waals surface area contributed by atoms with E-state index in [-0.39, 0.29) is 18.2 Å². The van der Waals surface area contributed by atoms with Crippen molar-refractivity contribution in [3.63, 3.8) is 0 Å². The normalized spacial score (nSPS) is 22.6. The maximum Gasteiger partial charge on any atom is 0.323 e. The van der Waals surface area contributed by atoms with Gasteiger partial charge in [-0.25, -0.2) is 0 Å². The van der Waals surface area contributed by atoms with Crippen molar-refractivity contribution in [1.29, 1.82) is 0 Å². The van der Waals surface area contributed by atoms with E-state index in [2.05, 4.69) is 25.6 Å². The summed E-state index contributed by atoms with van der Waals surface area (Å²) in [4.78, 5) is 12.7. The molecule has 1 fully saturated rings. The molecule has 0 amide bonds. The van der Waals surface area contributed by atoms with Crippen LogP contribution in [-0.4, -0.2) is 45.4 Å². The number of ether oxygens (including phenoxy) is 1. The first-order chi connectivity index (χ1) is 9.56. The first-order valence-corrected chi connectivity index (χ1v) is 7.12. The van der Waals surface area contributed by atoms with Crippen LogP contribution in [0.2, 0.25) is 0 Å². The number of aliphatic hydroxyl groups excluding tert-OH is 1. The largest absolute Gasteiger partial charge is 0.461 e. The summed E-state index contributed by atoms with van der Waals surface area (Å²) in [6.45, 7) is 3.86. The third-order valence-corrected chi connectivity index (χ3v) is 3.21. The lowest BCUT2D eigenvalue weighted by Gasteiger charge is -2.26. The highest BCUT2D eigenvalue weighted by molar-refractivity contribution is 5.36. The van der Waals surface area contributed by atoms with Gasteiger partial charge in [0.25, 0.3) is 0 Å². The van der Waals surface area contributed by atoms with Gasteiger partial charge in [0, 0.05) is 13.1 Å². The quantitative estimate of drug-likeness (QED) is 0.751. The lowest BCUT2D eigenvalue weighted by atomic mass is 9.93. The predicted octanol–water partition coefficient (Wildman–Crippen LogP) is 1.42. The van der Waals surface area contributed by atoms with Crippen molar-refractivity contribution in [2.45, 2.75) is 57.8 Å². The van der Waals surface area contributed by atoms with Gasteiger partial charge in [-0.05, 0) is 39.5 Å². The molecule has 0 aliphatic heterocycles. The Morgan fingerprint density at radius 3 is 2.35 bits per heavy atom. The molecule has 1 heterocycles. The molecule has 0 aromatic carbocycles. The summed E-state index contributed by atoms with van der Waals surface area (Å²) in [7, 11) is 1.76. The lowest BCUT2D eigenvalue weighted by molar-refractivity contribution is 0.126. The molecule has 2 rings (SSSR count). The molecule has 1 aromatic heterocycles. The minimum absolute atomic E-state index is 0.0137. The van der Waals surface area contributed by atoms with E-state index in [0.29, 0.717) is 17.9 Å². The highest BCUT2D eigenvalue weighted by Gasteiger charge is 2.20. The second-order valence-electron chi connectivity index (χ2n) is 5.33. The summed E-state index contributed by atoms with van der Waals surface area (Å²) in [5.74, 6) is 0.996. The van der Waals surface area contributed by atoms with Crippen LogP contribution in [-0.2, 0) is 0 Å². The van der Waals surface area contributed by atoms with E-state index < -0.39 is 0 Å². The van der Waals surface area contributed by atoms with Crippen molar-refractivity contribution >= 4 is 11.9 Å². The van der Waals surface area contributed by atoms with Gasteiger partial charge >= 0.3 is 6.01 Å². The molecule has 0 saturated heterocycles. The zero-order chi connectivity index (χ0) is 14.5. The monoisotopic (exact) mass is 281 g/mol. The van der Waals surface area contributed by atoms with Crippen LogP contribution in [0.3, 0.4) is 0 Å². The molecule has 0 atom stereocenters. The van der Waals surface area contributed by atoms with Crippen LogP contribution >= 0.6 is 0 Å². The standard InChI is InChI=1S/C13H23N5O2/c1-8(2)20-13-17-11(14-3)16-12(18-13)15-9-4-6-10(19)7-5-9/h8-10,19H,4-7H2,1-3H3,(H2,14,15,16,17,18). The maximum atomic E-state index is 9.52. The number of rotatable bonds is 5. The van der Waals surface area contributed by atoms with Crippen molar-refractivity contribution in [2.75, 3.05) is 17.7 Å². The SMILES string of the molecule is CNc1nc(NC2CCC(O)CC2)nc(OC(C)C)n1. The Morgan fingerprint density at radius 1 is 1.10 bits per heavy atom. The van der Waals surface area contributed by atoms with Gasteiger partial charge in [0.2, 0.25) is 11.9 Å². The summed E-state index contributed by atoms with van der Waals surface area (Å²) in [6, 6.07) is 0.607. The van der Waals surface area contributed by atoms with Gasteiger partial charge in [-0.15, -0.1) is 0 Å². The molecule has 7 nitrogen and oxygen atoms in total. The fourth-order valence-corrected chi connectivity index (χ4v) is 2.20. The Bertz CT molecular complexity index is 433. The van der Waals surface area contributed by atoms with Crippen LogP contribution in [0.5, 0.6) is 6.01 Å². The van der Waals surface area contributed by atoms with Crippen molar-refractivity contribution in [1.82, 2.24) is 15.0 Å². The summed E-state index contributed by atoms with van der Waals surface area (Å²) >= 11 is 0. The molecule has 0 spiro atoms. The smallest absolute Gasteiger partial charge is 0.323 e. The van der Waals surface area contributed by atoms with Gasteiger partial charge in [0.1, 0.15) is 0 Å². The Morgan fingerprint density at radius 2 is 1.75 bits per heavy atom. The number of hydrogen-bond acceptors (Lipinski definition) is 7. The van der Waals surface area contributed by atoms with Crippen molar-refractivity contribution in [3.8, 4) is 6.01 Å². The molecule has 112 valence electrons. The van der Waals surface area contributed by atoms with Crippen molar-refractivity contribution in [3.05, 3.63) is 0 Å². The predicted molar refractivity (Wildman–Crippen MR) is 77.0 cm³/mol. The summed E-state index contributed by atoms with van der Waals surface area (Å²) in [6.07, 6.45) is 3.32. The van der Waals surface area contributed by atoms with E-state index in [1.165, 1.54) is 0 Å². The average molecular weight is 281 g/mol. The van der Waals surface area contributed by atoms with Gasteiger partial charge in [-0.2, -0.15) is 15.0 Å². The number of nitrogens with one attached hydrogen (secondary N) is 2. The fourth-order valence-electron chi connectivity index (χ4n) is 2.20. The summed E-state index contributed by atoms with van der Waals surface area (Å²) in [5.41, 5.74) is 0. The molecule has 3 N–H and O–H groups in total. The van der Waals surface area contributed by atoms with E-state index >= 15 is 0 Å². The van der Waals surface area contributed by atoms with Crippen LogP contribution in [0.15, 0.2) is 0 Å². The molecule has 1 saturated carbocycles. The molecule has 0 radical (unpaired) electrons. The zero-order valence-corrected chi connectivity index (χ0v) is 12.3. The van der Waals surface area contributed by atoms with Crippen molar-refractivity contribution in [2.24, 2.45) is 0 Å². The average Bonchev–Trinajstić information content (AvgIpc) is 2.40. The first-order valence-electron chi connectivity index (χ1n) is 7.12. The highest BCUT2D eigenvalue weighted by atomic mass is 16.5. The number of hydrogen-bond donors (Lipinski definition) is 3. The zero-order valence-electron chi connectivity index (χ0n) is 12.3. The molecule has 1 aromatic rings. The maximum absolute atomic E-state index is 9.52. The van der Waals surface area contributed by atoms with Gasteiger partial charge in [0.15, 0.2) is 0 Å². The van der Waals surface area contributed by atoms with Gasteiger partial charge < -0.3 is 20.5 Å². The topological polar surface area (TPSA) is 92.2 Å². The molecule has 1 aliphatic carbocycles. The molecule has 7 heteroatoms. The third kappa shape index (κ3) is 4.19. The molecule has 1 aliphatic rings. The van der Waals surface area contributed by atoms with Gasteiger partial charge in [0.05, 0.1) is 12.2 Å². The number of anilines is 2. The van der Waals surface area contributed by atoms with E-state index in [1.807, 2.05) is 13.8 Å². The first kappa shape index (κ1) is 14.8. The van der Waals surface area contributed by atoms with Crippen LogP contribution in [0, 0.1) is 0 Å². The second kappa shape index (κ2) is 6.69. The van der Waals surface area contributed by atoms with Gasteiger partial charge in [-0.3, -0.25) is 0 Å². The Balaban J connectivity index is 2.06. The van der Waals surface area contributed by atoms with Crippen LogP contribution < -0.4 is 15.4 Å². The van der Waals surface area contributed by atoms with Crippen LogP contribution in [0.25, 0.3) is 0 Å². The highest BCUT2D eigenvalue weighted by Crippen LogP contribution is 2.22. The summed E-state index contributed by atoms with van der Waals surface area (Å²) < 4.78 is 5.52. The molecular weight excluding hydrogens is 258 g/mol. The van der Waals surface area contributed by atoms with Crippen LogP contribution in [0.4, 0.5) is 11.9 Å². The van der Waals surface area contributed by atoms with Crippen LogP contribution in [0.1, 0.15) is 39.5 Å². The van der Waals surface area contributed by atoms with Gasteiger partial charge in [-0.1, -0.05) is 0 Å². The minimum atomic E-state index is -0.167. The Kier molecular flexibility index (Phi) is 4.94. The number of aromatic nitrogens is 3. The minimum Gasteiger partial charge on any atom is -0.461 e. The van der Waals surface area contributed by atoms with Crippen molar-refractivity contribution < 1.29 is 9.84 Å². The number of aliphatic hydroxyl groups is 1. The molecular formula is C13H23N5O2. The molecule has 0 bridgehead atoms. The van der Waals surface area contributed by atoms with E-state index in [9.17, 15) is 5.11 Å². The Hall–Kier alpha value is -1.63. The second-order valence-corrected chi connectivity index (χ2v) is 5.33.